The van der Waals surface area contributed by atoms with Gasteiger partial charge in [-0.25, -0.2) is 8.42 Å². The molecule has 0 spiro atoms. The van der Waals surface area contributed by atoms with Gasteiger partial charge in [-0.2, -0.15) is 0 Å². The zero-order valence-corrected chi connectivity index (χ0v) is 10.0. The van der Waals surface area contributed by atoms with Crippen LogP contribution >= 0.6 is 0 Å². The maximum absolute atomic E-state index is 11.1. The highest BCUT2D eigenvalue weighted by Crippen LogP contribution is 2.39. The van der Waals surface area contributed by atoms with E-state index in [4.69, 9.17) is 5.73 Å². The Morgan fingerprint density at radius 1 is 1.38 bits per heavy atom. The first-order valence-corrected chi connectivity index (χ1v) is 7.15. The highest BCUT2D eigenvalue weighted by atomic mass is 32.2. The van der Waals surface area contributed by atoms with Crippen molar-refractivity contribution in [1.82, 2.24) is 0 Å². The van der Waals surface area contributed by atoms with Crippen molar-refractivity contribution in [3.05, 3.63) is 29.8 Å². The smallest absolute Gasteiger partial charge is 0.229 e. The molecule has 1 aliphatic rings. The molecule has 0 amide bonds. The van der Waals surface area contributed by atoms with Crippen LogP contribution in [0.4, 0.5) is 5.69 Å². The van der Waals surface area contributed by atoms with Crippen LogP contribution in [0.15, 0.2) is 24.3 Å². The summed E-state index contributed by atoms with van der Waals surface area (Å²) in [6, 6.07) is 7.33. The number of hydrogen-bond acceptors (Lipinski definition) is 3. The Labute approximate surface area is 95.9 Å². The van der Waals surface area contributed by atoms with Crippen LogP contribution in [-0.2, 0) is 15.6 Å². The Morgan fingerprint density at radius 2 is 2.06 bits per heavy atom. The predicted octanol–water partition coefficient (Wildman–Crippen LogP) is 1.40. The third-order valence-corrected chi connectivity index (χ3v) is 3.59. The SMILES string of the molecule is CS(=O)(=O)Nc1cccc(C2(N)CCC2)c1. The van der Waals surface area contributed by atoms with Gasteiger partial charge in [-0.1, -0.05) is 12.1 Å². The third-order valence-electron chi connectivity index (χ3n) is 2.99. The Balaban J connectivity index is 2.26. The van der Waals surface area contributed by atoms with Crippen molar-refractivity contribution < 1.29 is 8.42 Å². The number of rotatable bonds is 3. The fourth-order valence-electron chi connectivity index (χ4n) is 1.95. The molecule has 88 valence electrons. The topological polar surface area (TPSA) is 72.2 Å². The summed E-state index contributed by atoms with van der Waals surface area (Å²) in [5.74, 6) is 0. The normalized spacial score (nSPS) is 18.9. The molecule has 16 heavy (non-hydrogen) atoms. The van der Waals surface area contributed by atoms with Crippen LogP contribution in [-0.4, -0.2) is 14.7 Å². The van der Waals surface area contributed by atoms with Gasteiger partial charge < -0.3 is 5.73 Å². The van der Waals surface area contributed by atoms with Gasteiger partial charge in [-0.15, -0.1) is 0 Å². The highest BCUT2D eigenvalue weighted by molar-refractivity contribution is 7.92. The molecular formula is C11H16N2O2S. The predicted molar refractivity (Wildman–Crippen MR) is 64.6 cm³/mol. The van der Waals surface area contributed by atoms with Crippen LogP contribution in [0.2, 0.25) is 0 Å². The lowest BCUT2D eigenvalue weighted by Crippen LogP contribution is -2.43. The van der Waals surface area contributed by atoms with Gasteiger partial charge in [0.15, 0.2) is 0 Å². The molecule has 0 radical (unpaired) electrons. The molecule has 0 bridgehead atoms. The molecule has 0 saturated heterocycles. The van der Waals surface area contributed by atoms with E-state index >= 15 is 0 Å². The summed E-state index contributed by atoms with van der Waals surface area (Å²) in [6.07, 6.45) is 4.21. The van der Waals surface area contributed by atoms with Gasteiger partial charge in [-0.3, -0.25) is 4.72 Å². The average molecular weight is 240 g/mol. The van der Waals surface area contributed by atoms with Crippen molar-refractivity contribution in [3.63, 3.8) is 0 Å². The van der Waals surface area contributed by atoms with Crippen molar-refractivity contribution in [3.8, 4) is 0 Å². The standard InChI is InChI=1S/C11H16N2O2S/c1-16(14,15)13-10-5-2-4-9(8-10)11(12)6-3-7-11/h2,4-5,8,13H,3,6-7,12H2,1H3. The molecule has 3 N–H and O–H groups in total. The lowest BCUT2D eigenvalue weighted by molar-refractivity contribution is 0.254. The van der Waals surface area contributed by atoms with Crippen LogP contribution in [0.25, 0.3) is 0 Å². The number of hydrogen-bond donors (Lipinski definition) is 2. The molecule has 1 aromatic carbocycles. The third kappa shape index (κ3) is 2.36. The molecule has 0 unspecified atom stereocenters. The molecule has 0 atom stereocenters. The Kier molecular flexibility index (Phi) is 2.67. The second-order valence-corrected chi connectivity index (χ2v) is 6.21. The molecule has 1 aromatic rings. The number of nitrogens with one attached hydrogen (secondary N) is 1. The van der Waals surface area contributed by atoms with Crippen molar-refractivity contribution in [1.29, 1.82) is 0 Å². The maximum atomic E-state index is 11.1. The summed E-state index contributed by atoms with van der Waals surface area (Å²) in [6.45, 7) is 0. The van der Waals surface area contributed by atoms with Crippen molar-refractivity contribution in [2.75, 3.05) is 11.0 Å². The molecule has 1 saturated carbocycles. The molecule has 1 aliphatic carbocycles. The van der Waals surface area contributed by atoms with Crippen LogP contribution in [0.5, 0.6) is 0 Å². The highest BCUT2D eigenvalue weighted by Gasteiger charge is 2.34. The lowest BCUT2D eigenvalue weighted by atomic mass is 9.73. The van der Waals surface area contributed by atoms with E-state index in [9.17, 15) is 8.42 Å². The zero-order valence-electron chi connectivity index (χ0n) is 9.23. The largest absolute Gasteiger partial charge is 0.321 e. The minimum atomic E-state index is -3.22. The van der Waals surface area contributed by atoms with E-state index in [2.05, 4.69) is 4.72 Å². The van der Waals surface area contributed by atoms with E-state index in [1.807, 2.05) is 18.2 Å². The van der Waals surface area contributed by atoms with Crippen LogP contribution in [0, 0.1) is 0 Å². The van der Waals surface area contributed by atoms with Crippen LogP contribution in [0.1, 0.15) is 24.8 Å². The monoisotopic (exact) mass is 240 g/mol. The number of nitrogens with two attached hydrogens (primary N) is 1. The van der Waals surface area contributed by atoms with Crippen LogP contribution in [0.3, 0.4) is 0 Å². The molecule has 4 nitrogen and oxygen atoms in total. The summed E-state index contributed by atoms with van der Waals surface area (Å²) < 4.78 is 24.7. The van der Waals surface area contributed by atoms with E-state index in [0.29, 0.717) is 5.69 Å². The fraction of sp³-hybridized carbons (Fsp3) is 0.455. The lowest BCUT2D eigenvalue weighted by Gasteiger charge is -2.38. The van der Waals surface area contributed by atoms with Gasteiger partial charge in [0.25, 0.3) is 0 Å². The van der Waals surface area contributed by atoms with E-state index < -0.39 is 10.0 Å². The first-order chi connectivity index (χ1) is 7.39. The van der Waals surface area contributed by atoms with E-state index in [-0.39, 0.29) is 5.54 Å². The number of anilines is 1. The minimum absolute atomic E-state index is 0.255. The van der Waals surface area contributed by atoms with Gasteiger partial charge in [0.2, 0.25) is 10.0 Å². The van der Waals surface area contributed by atoms with Gasteiger partial charge in [0.1, 0.15) is 0 Å². The molecule has 0 aliphatic heterocycles. The molecule has 0 aromatic heterocycles. The Hall–Kier alpha value is -1.07. The average Bonchev–Trinajstić information content (AvgIpc) is 2.12. The number of benzene rings is 1. The Bertz CT molecular complexity index is 492. The summed E-state index contributed by atoms with van der Waals surface area (Å²) in [4.78, 5) is 0. The van der Waals surface area contributed by atoms with Gasteiger partial charge in [0.05, 0.1) is 6.26 Å². The molecule has 0 heterocycles. The first-order valence-electron chi connectivity index (χ1n) is 5.26. The molecule has 5 heteroatoms. The van der Waals surface area contributed by atoms with Crippen molar-refractivity contribution in [2.45, 2.75) is 24.8 Å². The second-order valence-electron chi connectivity index (χ2n) is 4.46. The quantitative estimate of drug-likeness (QED) is 0.838. The van der Waals surface area contributed by atoms with E-state index in [1.165, 1.54) is 0 Å². The van der Waals surface area contributed by atoms with Crippen molar-refractivity contribution in [2.24, 2.45) is 5.73 Å². The fourth-order valence-corrected chi connectivity index (χ4v) is 2.51. The zero-order chi connectivity index (χ0) is 11.8. The summed E-state index contributed by atoms with van der Waals surface area (Å²) in [5.41, 5.74) is 7.51. The van der Waals surface area contributed by atoms with Crippen LogP contribution < -0.4 is 10.5 Å². The van der Waals surface area contributed by atoms with E-state index in [1.54, 1.807) is 6.07 Å². The van der Waals surface area contributed by atoms with Gasteiger partial charge in [0, 0.05) is 11.2 Å². The second kappa shape index (κ2) is 3.75. The van der Waals surface area contributed by atoms with Crippen molar-refractivity contribution >= 4 is 15.7 Å². The summed E-state index contributed by atoms with van der Waals surface area (Å²) in [7, 11) is -3.22. The van der Waals surface area contributed by atoms with E-state index in [0.717, 1.165) is 31.1 Å². The summed E-state index contributed by atoms with van der Waals surface area (Å²) >= 11 is 0. The summed E-state index contributed by atoms with van der Waals surface area (Å²) in [5, 5.41) is 0. The maximum Gasteiger partial charge on any atom is 0.229 e. The van der Waals surface area contributed by atoms with Gasteiger partial charge >= 0.3 is 0 Å². The minimum Gasteiger partial charge on any atom is -0.321 e. The molecular weight excluding hydrogens is 224 g/mol. The first kappa shape index (κ1) is 11.4. The molecule has 2 rings (SSSR count). The van der Waals surface area contributed by atoms with Gasteiger partial charge in [-0.05, 0) is 37.0 Å². The molecule has 1 fully saturated rings. The Morgan fingerprint density at radius 3 is 2.56 bits per heavy atom. The number of sulfonamides is 1.